The third kappa shape index (κ3) is 2.60. The number of urea groups is 1. The molecule has 0 bridgehead atoms. The second-order valence-electron chi connectivity index (χ2n) is 5.47. The average Bonchev–Trinajstić information content (AvgIpc) is 2.89. The highest BCUT2D eigenvalue weighted by atomic mass is 19.1. The number of anilines is 1. The summed E-state index contributed by atoms with van der Waals surface area (Å²) in [6.07, 6.45) is 0.969. The largest absolute Gasteiger partial charge is 0.324 e. The molecule has 2 amide bonds. The van der Waals surface area contributed by atoms with Crippen LogP contribution >= 0.6 is 0 Å². The third-order valence-electron chi connectivity index (χ3n) is 4.16. The number of piperidine rings is 1. The zero-order chi connectivity index (χ0) is 14.1. The molecular formula is C14H17F2N3O. The van der Waals surface area contributed by atoms with Gasteiger partial charge >= 0.3 is 6.03 Å². The monoisotopic (exact) mass is 281 g/mol. The van der Waals surface area contributed by atoms with E-state index in [2.05, 4.69) is 10.6 Å². The molecule has 2 saturated heterocycles. The Kier molecular flexibility index (Phi) is 3.56. The summed E-state index contributed by atoms with van der Waals surface area (Å²) in [4.78, 5) is 13.8. The van der Waals surface area contributed by atoms with E-state index < -0.39 is 11.6 Å². The number of amides is 2. The van der Waals surface area contributed by atoms with Crippen LogP contribution in [0.15, 0.2) is 18.2 Å². The number of rotatable bonds is 1. The van der Waals surface area contributed by atoms with Crippen LogP contribution in [0.1, 0.15) is 6.42 Å². The van der Waals surface area contributed by atoms with Gasteiger partial charge in [0.2, 0.25) is 0 Å². The van der Waals surface area contributed by atoms with Crippen molar-refractivity contribution in [2.45, 2.75) is 6.42 Å². The third-order valence-corrected chi connectivity index (χ3v) is 4.16. The number of fused-ring (bicyclic) bond motifs is 1. The number of carbonyl (C=O) groups is 1. The second kappa shape index (κ2) is 5.36. The minimum Gasteiger partial charge on any atom is -0.324 e. The Morgan fingerprint density at radius 2 is 2.10 bits per heavy atom. The van der Waals surface area contributed by atoms with E-state index in [-0.39, 0.29) is 11.7 Å². The molecule has 3 rings (SSSR count). The molecule has 2 fully saturated rings. The van der Waals surface area contributed by atoms with Crippen molar-refractivity contribution in [2.75, 3.05) is 31.5 Å². The van der Waals surface area contributed by atoms with Gasteiger partial charge in [0.15, 0.2) is 0 Å². The molecule has 6 heteroatoms. The number of nitrogens with zero attached hydrogens (tertiary/aromatic N) is 1. The van der Waals surface area contributed by atoms with Gasteiger partial charge in [-0.15, -0.1) is 0 Å². The molecular weight excluding hydrogens is 264 g/mol. The van der Waals surface area contributed by atoms with Gasteiger partial charge in [0.05, 0.1) is 5.69 Å². The molecule has 0 radical (unpaired) electrons. The summed E-state index contributed by atoms with van der Waals surface area (Å²) in [5.41, 5.74) is 0.0167. The number of hydrogen-bond donors (Lipinski definition) is 2. The predicted octanol–water partition coefficient (Wildman–Crippen LogP) is 2.04. The minimum atomic E-state index is -0.754. The van der Waals surface area contributed by atoms with E-state index in [1.54, 1.807) is 4.90 Å². The van der Waals surface area contributed by atoms with E-state index in [4.69, 9.17) is 0 Å². The van der Waals surface area contributed by atoms with Crippen molar-refractivity contribution in [1.82, 2.24) is 10.2 Å². The lowest BCUT2D eigenvalue weighted by molar-refractivity contribution is 0.161. The topological polar surface area (TPSA) is 44.4 Å². The van der Waals surface area contributed by atoms with E-state index in [0.717, 1.165) is 31.6 Å². The first-order valence-electron chi connectivity index (χ1n) is 6.85. The van der Waals surface area contributed by atoms with Crippen LogP contribution in [0.5, 0.6) is 0 Å². The van der Waals surface area contributed by atoms with Crippen LogP contribution in [0.2, 0.25) is 0 Å². The lowest BCUT2D eigenvalue weighted by Gasteiger charge is -2.34. The summed E-state index contributed by atoms with van der Waals surface area (Å²) in [5.74, 6) is -0.289. The average molecular weight is 281 g/mol. The van der Waals surface area contributed by atoms with Crippen molar-refractivity contribution in [3.63, 3.8) is 0 Å². The van der Waals surface area contributed by atoms with Gasteiger partial charge in [-0.05, 0) is 43.5 Å². The van der Waals surface area contributed by atoms with Crippen molar-refractivity contribution in [2.24, 2.45) is 11.8 Å². The van der Waals surface area contributed by atoms with Gasteiger partial charge < -0.3 is 15.5 Å². The van der Waals surface area contributed by atoms with Crippen LogP contribution in [0, 0.1) is 23.5 Å². The van der Waals surface area contributed by atoms with E-state index in [9.17, 15) is 13.6 Å². The molecule has 1 aromatic carbocycles. The Morgan fingerprint density at radius 1 is 1.30 bits per heavy atom. The lowest BCUT2D eigenvalue weighted by Crippen LogP contribution is -2.45. The number of carbonyl (C=O) groups excluding carboxylic acids is 1. The van der Waals surface area contributed by atoms with Crippen molar-refractivity contribution in [1.29, 1.82) is 0 Å². The fourth-order valence-corrected chi connectivity index (χ4v) is 3.00. The molecule has 0 aliphatic carbocycles. The summed E-state index contributed by atoms with van der Waals surface area (Å²) in [6, 6.07) is 2.82. The zero-order valence-corrected chi connectivity index (χ0v) is 11.0. The van der Waals surface area contributed by atoms with Gasteiger partial charge in [-0.2, -0.15) is 0 Å². The number of likely N-dealkylation sites (tertiary alicyclic amines) is 1. The molecule has 2 aliphatic heterocycles. The van der Waals surface area contributed by atoms with E-state index in [1.807, 2.05) is 0 Å². The molecule has 0 spiro atoms. The normalized spacial score (nSPS) is 25.4. The lowest BCUT2D eigenvalue weighted by atomic mass is 9.89. The summed E-state index contributed by atoms with van der Waals surface area (Å²) in [7, 11) is 0. The quantitative estimate of drug-likeness (QED) is 0.827. The fourth-order valence-electron chi connectivity index (χ4n) is 3.00. The Labute approximate surface area is 116 Å². The van der Waals surface area contributed by atoms with Crippen LogP contribution in [0.4, 0.5) is 19.3 Å². The van der Waals surface area contributed by atoms with Crippen molar-refractivity contribution < 1.29 is 13.6 Å². The first kappa shape index (κ1) is 13.3. The Hall–Kier alpha value is -1.69. The maximum atomic E-state index is 13.5. The summed E-state index contributed by atoms with van der Waals surface area (Å²) in [5, 5.41) is 5.84. The smallest absolute Gasteiger partial charge is 0.321 e. The van der Waals surface area contributed by atoms with Gasteiger partial charge in [-0.1, -0.05) is 0 Å². The van der Waals surface area contributed by atoms with Gasteiger partial charge in [0.1, 0.15) is 11.6 Å². The fraction of sp³-hybridized carbons (Fsp3) is 0.500. The van der Waals surface area contributed by atoms with Gasteiger partial charge in [0.25, 0.3) is 0 Å². The predicted molar refractivity (Wildman–Crippen MR) is 71.4 cm³/mol. The molecule has 2 atom stereocenters. The molecule has 20 heavy (non-hydrogen) atoms. The van der Waals surface area contributed by atoms with Gasteiger partial charge in [-0.3, -0.25) is 0 Å². The SMILES string of the molecule is O=C(Nc1ccc(F)cc1F)N1CCC2CNCC2C1. The Balaban J connectivity index is 1.64. The van der Waals surface area contributed by atoms with Crippen LogP contribution in [0.3, 0.4) is 0 Å². The number of benzene rings is 1. The van der Waals surface area contributed by atoms with Crippen molar-refractivity contribution in [3.05, 3.63) is 29.8 Å². The first-order valence-corrected chi connectivity index (χ1v) is 6.85. The van der Waals surface area contributed by atoms with E-state index >= 15 is 0 Å². The summed E-state index contributed by atoms with van der Waals surface area (Å²) >= 11 is 0. The maximum absolute atomic E-state index is 13.5. The molecule has 2 unspecified atom stereocenters. The molecule has 2 aliphatic rings. The molecule has 2 heterocycles. The van der Waals surface area contributed by atoms with E-state index in [0.29, 0.717) is 24.9 Å². The van der Waals surface area contributed by atoms with Gasteiger partial charge in [0, 0.05) is 19.2 Å². The molecule has 4 nitrogen and oxygen atoms in total. The highest BCUT2D eigenvalue weighted by molar-refractivity contribution is 5.89. The molecule has 1 aromatic rings. The summed E-state index contributed by atoms with van der Waals surface area (Å²) in [6.45, 7) is 3.32. The highest BCUT2D eigenvalue weighted by Crippen LogP contribution is 2.27. The van der Waals surface area contributed by atoms with Crippen molar-refractivity contribution >= 4 is 11.7 Å². The van der Waals surface area contributed by atoms with Crippen molar-refractivity contribution in [3.8, 4) is 0 Å². The molecule has 108 valence electrons. The molecule has 0 aromatic heterocycles. The van der Waals surface area contributed by atoms with Crippen LogP contribution in [-0.4, -0.2) is 37.1 Å². The number of nitrogens with one attached hydrogen (secondary N) is 2. The summed E-state index contributed by atoms with van der Waals surface area (Å²) < 4.78 is 26.3. The Bertz CT molecular complexity index is 523. The first-order chi connectivity index (χ1) is 9.63. The maximum Gasteiger partial charge on any atom is 0.321 e. The van der Waals surface area contributed by atoms with E-state index in [1.165, 1.54) is 6.07 Å². The standard InChI is InChI=1S/C14H17F2N3O/c15-11-1-2-13(12(16)5-11)18-14(20)19-4-3-9-6-17-7-10(9)8-19/h1-2,5,9-10,17H,3-4,6-8H2,(H,18,20). The van der Waals surface area contributed by atoms with Crippen LogP contribution in [0.25, 0.3) is 0 Å². The molecule has 2 N–H and O–H groups in total. The van der Waals surface area contributed by atoms with Gasteiger partial charge in [-0.25, -0.2) is 13.6 Å². The number of hydrogen-bond acceptors (Lipinski definition) is 2. The molecule has 0 saturated carbocycles. The minimum absolute atomic E-state index is 0.0167. The number of halogens is 2. The highest BCUT2D eigenvalue weighted by Gasteiger charge is 2.34. The second-order valence-corrected chi connectivity index (χ2v) is 5.47. The Morgan fingerprint density at radius 3 is 2.90 bits per heavy atom. The van der Waals surface area contributed by atoms with Crippen LogP contribution < -0.4 is 10.6 Å². The zero-order valence-electron chi connectivity index (χ0n) is 11.0. The van der Waals surface area contributed by atoms with Crippen LogP contribution in [-0.2, 0) is 0 Å².